The molecule has 6 aromatic rings. The third kappa shape index (κ3) is 8.80. The Morgan fingerprint density at radius 1 is 0.649 bits per heavy atom. The van der Waals surface area contributed by atoms with E-state index in [0.29, 0.717) is 0 Å². The Balaban J connectivity index is 1.38. The number of aromatic nitrogens is 4. The van der Waals surface area contributed by atoms with Gasteiger partial charge < -0.3 is 23.7 Å². The number of imidazole rings is 1. The van der Waals surface area contributed by atoms with Gasteiger partial charge in [-0.3, -0.25) is 14.7 Å². The van der Waals surface area contributed by atoms with Crippen LogP contribution < -0.4 is 5.32 Å². The molecule has 2 aromatic heterocycles. The van der Waals surface area contributed by atoms with E-state index in [1.807, 2.05) is 0 Å². The molecule has 0 bridgehead atoms. The quantitative estimate of drug-likeness (QED) is 0.0934. The molecule has 1 amide bonds. The third-order valence-corrected chi connectivity index (χ3v) is 8.96. The first kappa shape index (κ1) is 38.3. The Bertz CT molecular complexity index is 2400. The molecular weight excluding hydrogens is 758 g/mol. The second kappa shape index (κ2) is 17.2. The first-order valence-electron chi connectivity index (χ1n) is 17.5. The molecule has 57 heavy (non-hydrogen) atoms. The van der Waals surface area contributed by atoms with Gasteiger partial charge in [0.25, 0.3) is 0 Å². The van der Waals surface area contributed by atoms with E-state index >= 15 is 0 Å². The van der Waals surface area contributed by atoms with Gasteiger partial charge in [-0.15, -0.1) is 0 Å². The number of rotatable bonds is 11. The van der Waals surface area contributed by atoms with Crippen LogP contribution in [0.15, 0.2) is 128 Å². The average Bonchev–Trinajstić information content (AvgIpc) is 3.66. The Labute approximate surface area is 329 Å². The SMILES string of the molecule is CC(=O)Nc1nc(Cl)c2ncn([C@@H]3O[C@H](COC(=O)c4ccccc4)[C@@H](OC(=O)c4ccccc4)[C@H](OC(=O)c4ccccc4)[C@H]3OC(=O)c3ccccc3)c2n1. The molecule has 15 nitrogen and oxygen atoms in total. The van der Waals surface area contributed by atoms with Crippen LogP contribution in [0.25, 0.3) is 11.2 Å². The fraction of sp³-hybridized carbons (Fsp3) is 0.171. The number of anilines is 1. The average molecular weight is 790 g/mol. The molecule has 5 atom stereocenters. The summed E-state index contributed by atoms with van der Waals surface area (Å²) in [5.41, 5.74) is 0.712. The zero-order valence-corrected chi connectivity index (χ0v) is 30.7. The summed E-state index contributed by atoms with van der Waals surface area (Å²) in [6, 6.07) is 32.2. The summed E-state index contributed by atoms with van der Waals surface area (Å²) in [4.78, 5) is 79.8. The van der Waals surface area contributed by atoms with Crippen molar-refractivity contribution in [2.75, 3.05) is 11.9 Å². The lowest BCUT2D eigenvalue weighted by atomic mass is 9.96. The highest BCUT2D eigenvalue weighted by Crippen LogP contribution is 2.38. The minimum atomic E-state index is -1.64. The maximum absolute atomic E-state index is 13.9. The lowest BCUT2D eigenvalue weighted by Crippen LogP contribution is -2.60. The largest absolute Gasteiger partial charge is 0.459 e. The highest BCUT2D eigenvalue weighted by Gasteiger charge is 2.54. The topological polar surface area (TPSA) is 187 Å². The number of nitrogens with one attached hydrogen (secondary N) is 1. The third-order valence-electron chi connectivity index (χ3n) is 8.70. The van der Waals surface area contributed by atoms with Crippen LogP contribution in [0.3, 0.4) is 0 Å². The molecule has 1 aliphatic heterocycles. The van der Waals surface area contributed by atoms with E-state index in [-0.39, 0.29) is 44.5 Å². The molecule has 4 aromatic carbocycles. The zero-order valence-electron chi connectivity index (χ0n) is 30.0. The number of ether oxygens (including phenoxy) is 5. The predicted octanol–water partition coefficient (Wildman–Crippen LogP) is 5.87. The second-order valence-corrected chi connectivity index (χ2v) is 12.9. The lowest BCUT2D eigenvalue weighted by Gasteiger charge is -2.44. The highest BCUT2D eigenvalue weighted by molar-refractivity contribution is 6.33. The highest BCUT2D eigenvalue weighted by atomic mass is 35.5. The number of amides is 1. The number of carbonyl (C=O) groups is 5. The van der Waals surface area contributed by atoms with E-state index in [4.69, 9.17) is 35.3 Å². The molecule has 1 aliphatic rings. The van der Waals surface area contributed by atoms with Gasteiger partial charge in [-0.1, -0.05) is 84.4 Å². The molecule has 0 spiro atoms. The number of nitrogens with zero attached hydrogens (tertiary/aromatic N) is 4. The number of hydrogen-bond donors (Lipinski definition) is 1. The molecule has 1 fully saturated rings. The van der Waals surface area contributed by atoms with E-state index in [1.54, 1.807) is 84.9 Å². The summed E-state index contributed by atoms with van der Waals surface area (Å²) in [6.07, 6.45) is -6.42. The van der Waals surface area contributed by atoms with Crippen molar-refractivity contribution in [2.24, 2.45) is 0 Å². The van der Waals surface area contributed by atoms with Crippen molar-refractivity contribution in [3.05, 3.63) is 155 Å². The van der Waals surface area contributed by atoms with Crippen LogP contribution in [0, 0.1) is 0 Å². The van der Waals surface area contributed by atoms with Crippen LogP contribution in [-0.2, 0) is 28.5 Å². The molecule has 1 N–H and O–H groups in total. The van der Waals surface area contributed by atoms with E-state index in [9.17, 15) is 24.0 Å². The Hall–Kier alpha value is -6.97. The van der Waals surface area contributed by atoms with Crippen molar-refractivity contribution in [1.82, 2.24) is 19.5 Å². The summed E-state index contributed by atoms with van der Waals surface area (Å²) in [5, 5.41) is 2.35. The van der Waals surface area contributed by atoms with Crippen molar-refractivity contribution in [1.29, 1.82) is 0 Å². The molecule has 288 valence electrons. The van der Waals surface area contributed by atoms with Gasteiger partial charge in [0.15, 0.2) is 35.3 Å². The monoisotopic (exact) mass is 789 g/mol. The van der Waals surface area contributed by atoms with Gasteiger partial charge in [0.05, 0.1) is 28.6 Å². The van der Waals surface area contributed by atoms with Crippen LogP contribution >= 0.6 is 11.6 Å². The molecule has 1 saturated heterocycles. The number of benzene rings is 4. The van der Waals surface area contributed by atoms with E-state index < -0.39 is 67.0 Å². The summed E-state index contributed by atoms with van der Waals surface area (Å²) in [6.45, 7) is 0.710. The van der Waals surface area contributed by atoms with Gasteiger partial charge in [0.2, 0.25) is 11.9 Å². The molecule has 0 unspecified atom stereocenters. The molecule has 0 saturated carbocycles. The number of fused-ring (bicyclic) bond motifs is 1. The fourth-order valence-corrected chi connectivity index (χ4v) is 6.26. The number of hydrogen-bond acceptors (Lipinski definition) is 13. The van der Waals surface area contributed by atoms with Gasteiger partial charge in [0.1, 0.15) is 18.2 Å². The van der Waals surface area contributed by atoms with Gasteiger partial charge in [-0.05, 0) is 48.5 Å². The standard InChI is InChI=1S/C41H32ClN5O10/c1-24(48)44-41-45-34(42)30-35(46-41)47(23-43-30)36-33(57-40(52)28-20-12-5-13-21-28)32(56-39(51)27-18-10-4-11-19-27)31(55-38(50)26-16-8-3-9-17-26)29(54-36)22-53-37(49)25-14-6-2-7-15-25/h2-21,23,29,31-33,36H,22H2,1H3,(H,44,45,46,48)/t29-,31-,32+,33-,36-/m1/s1. The van der Waals surface area contributed by atoms with Gasteiger partial charge in [-0.25, -0.2) is 24.2 Å². The summed E-state index contributed by atoms with van der Waals surface area (Å²) in [5.74, 6) is -3.96. The molecular formula is C41H32ClN5O10. The van der Waals surface area contributed by atoms with E-state index in [1.165, 1.54) is 54.2 Å². The van der Waals surface area contributed by atoms with Crippen LogP contribution in [-0.4, -0.2) is 80.3 Å². The van der Waals surface area contributed by atoms with Crippen LogP contribution in [0.4, 0.5) is 5.95 Å². The molecule has 0 radical (unpaired) electrons. The van der Waals surface area contributed by atoms with Crippen molar-refractivity contribution in [3.8, 4) is 0 Å². The van der Waals surface area contributed by atoms with Crippen molar-refractivity contribution in [3.63, 3.8) is 0 Å². The number of halogens is 1. The second-order valence-electron chi connectivity index (χ2n) is 12.6. The summed E-state index contributed by atoms with van der Waals surface area (Å²) >= 11 is 6.49. The van der Waals surface area contributed by atoms with E-state index in [2.05, 4.69) is 20.3 Å². The van der Waals surface area contributed by atoms with Crippen LogP contribution in [0.5, 0.6) is 0 Å². The molecule has 3 heterocycles. The van der Waals surface area contributed by atoms with Crippen molar-refractivity contribution >= 4 is 58.5 Å². The Morgan fingerprint density at radius 2 is 1.11 bits per heavy atom. The van der Waals surface area contributed by atoms with Crippen molar-refractivity contribution < 1.29 is 47.7 Å². The smallest absolute Gasteiger partial charge is 0.338 e. The summed E-state index contributed by atoms with van der Waals surface area (Å²) < 4.78 is 32.1. The molecule has 7 rings (SSSR count). The van der Waals surface area contributed by atoms with Crippen LogP contribution in [0.2, 0.25) is 5.15 Å². The Kier molecular flexibility index (Phi) is 11.6. The maximum Gasteiger partial charge on any atom is 0.338 e. The van der Waals surface area contributed by atoms with Gasteiger partial charge in [-0.2, -0.15) is 9.97 Å². The molecule has 0 aliphatic carbocycles. The summed E-state index contributed by atoms with van der Waals surface area (Å²) in [7, 11) is 0. The van der Waals surface area contributed by atoms with Gasteiger partial charge >= 0.3 is 23.9 Å². The fourth-order valence-electron chi connectivity index (χ4n) is 6.05. The van der Waals surface area contributed by atoms with Gasteiger partial charge in [0, 0.05) is 6.92 Å². The predicted molar refractivity (Wildman–Crippen MR) is 202 cm³/mol. The normalized spacial score (nSPS) is 18.9. The first-order chi connectivity index (χ1) is 27.7. The van der Waals surface area contributed by atoms with Crippen molar-refractivity contribution in [2.45, 2.75) is 37.6 Å². The minimum absolute atomic E-state index is 0.0115. The number of esters is 4. The zero-order chi connectivity index (χ0) is 39.9. The minimum Gasteiger partial charge on any atom is -0.459 e. The van der Waals surface area contributed by atoms with E-state index in [0.717, 1.165) is 0 Å². The first-order valence-corrected chi connectivity index (χ1v) is 17.9. The maximum atomic E-state index is 13.9. The number of carbonyl (C=O) groups excluding carboxylic acids is 5. The molecule has 16 heteroatoms. The Morgan fingerprint density at radius 3 is 1.60 bits per heavy atom. The lowest BCUT2D eigenvalue weighted by molar-refractivity contribution is -0.249. The van der Waals surface area contributed by atoms with Crippen LogP contribution in [0.1, 0.15) is 54.6 Å².